The van der Waals surface area contributed by atoms with Gasteiger partial charge in [-0.2, -0.15) is 0 Å². The molecule has 0 saturated carbocycles. The van der Waals surface area contributed by atoms with E-state index in [-0.39, 0.29) is 12.0 Å². The molecule has 0 bridgehead atoms. The Hall–Kier alpha value is -2.53. The normalized spacial score (nSPS) is 20.1. The predicted octanol–water partition coefficient (Wildman–Crippen LogP) is 2.99. The quantitative estimate of drug-likeness (QED) is 0.788. The monoisotopic (exact) mass is 348 g/mol. The van der Waals surface area contributed by atoms with Gasteiger partial charge in [0.2, 0.25) is 0 Å². The van der Waals surface area contributed by atoms with Gasteiger partial charge in [-0.25, -0.2) is 9.97 Å². The number of hydrogen-bond donors (Lipinski definition) is 1. The molecule has 0 unspecified atom stereocenters. The van der Waals surface area contributed by atoms with Crippen LogP contribution in [0.3, 0.4) is 0 Å². The van der Waals surface area contributed by atoms with Crippen molar-refractivity contribution >= 4 is 16.7 Å². The number of aryl methyl sites for hydroxylation is 2. The maximum Gasteiger partial charge on any atom is 0.135 e. The van der Waals surface area contributed by atoms with Gasteiger partial charge in [-0.05, 0) is 39.3 Å². The zero-order chi connectivity index (χ0) is 18.3. The van der Waals surface area contributed by atoms with Crippen molar-refractivity contribution in [1.29, 1.82) is 0 Å². The number of aliphatic hydroxyl groups excluding tert-OH is 1. The minimum Gasteiger partial charge on any atom is -0.391 e. The average Bonchev–Trinajstić information content (AvgIpc) is 2.98. The van der Waals surface area contributed by atoms with E-state index in [2.05, 4.69) is 40.0 Å². The fourth-order valence-electron chi connectivity index (χ4n) is 3.78. The van der Waals surface area contributed by atoms with E-state index < -0.39 is 0 Å². The van der Waals surface area contributed by atoms with Crippen molar-refractivity contribution in [2.45, 2.75) is 33.3 Å². The molecule has 3 aromatic rings. The number of anilines is 1. The van der Waals surface area contributed by atoms with Crippen LogP contribution in [-0.2, 0) is 6.42 Å². The molecule has 2 atom stereocenters. The van der Waals surface area contributed by atoms with Crippen LogP contribution in [0.2, 0.25) is 0 Å². The maximum atomic E-state index is 10.6. The first-order chi connectivity index (χ1) is 12.5. The summed E-state index contributed by atoms with van der Waals surface area (Å²) in [6, 6.07) is 12.3. The number of hydrogen-bond acceptors (Lipinski definition) is 5. The van der Waals surface area contributed by atoms with Gasteiger partial charge >= 0.3 is 0 Å². The number of aromatic nitrogens is 3. The van der Waals surface area contributed by atoms with Gasteiger partial charge in [-0.1, -0.05) is 24.3 Å². The zero-order valence-electron chi connectivity index (χ0n) is 15.5. The second-order valence-electron chi connectivity index (χ2n) is 7.24. The van der Waals surface area contributed by atoms with Crippen molar-refractivity contribution in [2.75, 3.05) is 18.0 Å². The van der Waals surface area contributed by atoms with E-state index in [9.17, 15) is 5.11 Å². The van der Waals surface area contributed by atoms with Gasteiger partial charge in [0, 0.05) is 41.3 Å². The van der Waals surface area contributed by atoms with E-state index in [4.69, 9.17) is 4.98 Å². The predicted molar refractivity (Wildman–Crippen MR) is 103 cm³/mol. The molecule has 26 heavy (non-hydrogen) atoms. The average molecular weight is 348 g/mol. The third-order valence-corrected chi connectivity index (χ3v) is 5.31. The maximum absolute atomic E-state index is 10.6. The molecule has 1 saturated heterocycles. The molecule has 0 aliphatic carbocycles. The molecular formula is C21H24N4O. The molecule has 5 heteroatoms. The van der Waals surface area contributed by atoms with Crippen LogP contribution in [0.4, 0.5) is 5.82 Å². The molecule has 2 aromatic heterocycles. The largest absolute Gasteiger partial charge is 0.391 e. The number of β-amino-alcohol motifs (C(OH)–C–C–N with tert-alkyl or cyclic N) is 1. The summed E-state index contributed by atoms with van der Waals surface area (Å²) in [5, 5.41) is 11.8. The van der Waals surface area contributed by atoms with Crippen LogP contribution < -0.4 is 4.90 Å². The summed E-state index contributed by atoms with van der Waals surface area (Å²) in [5.41, 5.74) is 4.13. The summed E-state index contributed by atoms with van der Waals surface area (Å²) >= 11 is 0. The van der Waals surface area contributed by atoms with Crippen molar-refractivity contribution in [3.63, 3.8) is 0 Å². The minimum absolute atomic E-state index is 0.152. The first kappa shape index (κ1) is 16.9. The lowest BCUT2D eigenvalue weighted by molar-refractivity contribution is 0.148. The molecule has 0 radical (unpaired) electrons. The van der Waals surface area contributed by atoms with E-state index >= 15 is 0 Å². The SMILES string of the molecule is Cc1nc(C)c(C)c(N2C[C@@H](Cc3ccc4ccccc4n3)[C@H](O)C2)n1. The van der Waals surface area contributed by atoms with Crippen molar-refractivity contribution in [3.8, 4) is 0 Å². The molecule has 1 N–H and O–H groups in total. The Morgan fingerprint density at radius 3 is 2.65 bits per heavy atom. The molecule has 134 valence electrons. The van der Waals surface area contributed by atoms with Gasteiger partial charge in [0.25, 0.3) is 0 Å². The van der Waals surface area contributed by atoms with E-state index in [1.165, 1.54) is 0 Å². The highest BCUT2D eigenvalue weighted by Gasteiger charge is 2.33. The molecule has 0 amide bonds. The second-order valence-corrected chi connectivity index (χ2v) is 7.24. The molecule has 1 aliphatic rings. The van der Waals surface area contributed by atoms with Gasteiger partial charge < -0.3 is 10.0 Å². The Morgan fingerprint density at radius 2 is 1.81 bits per heavy atom. The van der Waals surface area contributed by atoms with Gasteiger partial charge in [0.05, 0.1) is 11.6 Å². The van der Waals surface area contributed by atoms with E-state index in [0.717, 1.165) is 52.5 Å². The molecule has 5 nitrogen and oxygen atoms in total. The molecular weight excluding hydrogens is 324 g/mol. The first-order valence-corrected chi connectivity index (χ1v) is 9.11. The number of fused-ring (bicyclic) bond motifs is 1. The van der Waals surface area contributed by atoms with Crippen LogP contribution in [0.1, 0.15) is 22.8 Å². The topological polar surface area (TPSA) is 62.1 Å². The molecule has 0 spiro atoms. The summed E-state index contributed by atoms with van der Waals surface area (Å²) in [7, 11) is 0. The lowest BCUT2D eigenvalue weighted by Gasteiger charge is -2.20. The Kier molecular flexibility index (Phi) is 4.32. The van der Waals surface area contributed by atoms with Crippen LogP contribution in [0.15, 0.2) is 36.4 Å². The Labute approximate surface area is 153 Å². The van der Waals surface area contributed by atoms with Gasteiger partial charge in [0.1, 0.15) is 11.6 Å². The standard InChI is InChI=1S/C21H24N4O/c1-13-14(2)22-15(3)23-21(13)25-11-17(20(26)12-25)10-18-9-8-16-6-4-5-7-19(16)24-18/h4-9,17,20,26H,10-12H2,1-3H3/t17-,20-/m1/s1. The van der Waals surface area contributed by atoms with Crippen molar-refractivity contribution in [2.24, 2.45) is 5.92 Å². The van der Waals surface area contributed by atoms with Crippen LogP contribution in [0, 0.1) is 26.7 Å². The summed E-state index contributed by atoms with van der Waals surface area (Å²) in [5.74, 6) is 1.87. The fourth-order valence-corrected chi connectivity index (χ4v) is 3.78. The van der Waals surface area contributed by atoms with E-state index in [0.29, 0.717) is 6.54 Å². The summed E-state index contributed by atoms with van der Waals surface area (Å²) < 4.78 is 0. The van der Waals surface area contributed by atoms with Crippen molar-refractivity contribution < 1.29 is 5.11 Å². The van der Waals surface area contributed by atoms with E-state index in [1.807, 2.05) is 32.0 Å². The molecule has 4 rings (SSSR count). The molecule has 1 aromatic carbocycles. The van der Waals surface area contributed by atoms with Gasteiger partial charge in [-0.3, -0.25) is 4.98 Å². The van der Waals surface area contributed by atoms with Gasteiger partial charge in [0.15, 0.2) is 0 Å². The molecule has 1 aliphatic heterocycles. The Morgan fingerprint density at radius 1 is 1.00 bits per heavy atom. The number of pyridine rings is 1. The Balaban J connectivity index is 1.55. The van der Waals surface area contributed by atoms with E-state index in [1.54, 1.807) is 0 Å². The number of benzene rings is 1. The number of para-hydroxylation sites is 1. The number of rotatable bonds is 3. The smallest absolute Gasteiger partial charge is 0.135 e. The van der Waals surface area contributed by atoms with Gasteiger partial charge in [-0.15, -0.1) is 0 Å². The number of nitrogens with zero attached hydrogens (tertiary/aromatic N) is 4. The first-order valence-electron chi connectivity index (χ1n) is 9.11. The highest BCUT2D eigenvalue weighted by atomic mass is 16.3. The lowest BCUT2D eigenvalue weighted by atomic mass is 9.99. The van der Waals surface area contributed by atoms with Crippen LogP contribution in [0.5, 0.6) is 0 Å². The highest BCUT2D eigenvalue weighted by molar-refractivity contribution is 5.78. The number of aliphatic hydroxyl groups is 1. The van der Waals surface area contributed by atoms with Crippen molar-refractivity contribution in [3.05, 3.63) is 59.2 Å². The summed E-state index contributed by atoms with van der Waals surface area (Å²) in [6.07, 6.45) is 0.392. The minimum atomic E-state index is -0.377. The zero-order valence-corrected chi connectivity index (χ0v) is 15.5. The lowest BCUT2D eigenvalue weighted by Crippen LogP contribution is -2.24. The van der Waals surface area contributed by atoms with Crippen LogP contribution in [-0.4, -0.2) is 39.3 Å². The van der Waals surface area contributed by atoms with Crippen molar-refractivity contribution in [1.82, 2.24) is 15.0 Å². The third-order valence-electron chi connectivity index (χ3n) is 5.31. The molecule has 1 fully saturated rings. The Bertz CT molecular complexity index is 956. The van der Waals surface area contributed by atoms with Crippen LogP contribution >= 0.6 is 0 Å². The van der Waals surface area contributed by atoms with Crippen LogP contribution in [0.25, 0.3) is 10.9 Å². The highest BCUT2D eigenvalue weighted by Crippen LogP contribution is 2.28. The molecule has 3 heterocycles. The summed E-state index contributed by atoms with van der Waals surface area (Å²) in [6.45, 7) is 7.37. The summed E-state index contributed by atoms with van der Waals surface area (Å²) in [4.78, 5) is 16.0. The third kappa shape index (κ3) is 3.15. The fraction of sp³-hybridized carbons (Fsp3) is 0.381. The second kappa shape index (κ2) is 6.65.